The Labute approximate surface area is 112 Å². The van der Waals surface area contributed by atoms with Gasteiger partial charge in [0.1, 0.15) is 11.6 Å². The van der Waals surface area contributed by atoms with Gasteiger partial charge in [-0.25, -0.2) is 0 Å². The Bertz CT molecular complexity index is 459. The van der Waals surface area contributed by atoms with Gasteiger partial charge in [-0.3, -0.25) is 0 Å². The van der Waals surface area contributed by atoms with Crippen LogP contribution < -0.4 is 10.5 Å². The van der Waals surface area contributed by atoms with Crippen LogP contribution in [0.1, 0.15) is 29.7 Å². The number of rotatable bonds is 4. The van der Waals surface area contributed by atoms with Gasteiger partial charge in [0.2, 0.25) is 5.88 Å². The number of nitrogens with zero attached hydrogens (tertiary/aromatic N) is 2. The summed E-state index contributed by atoms with van der Waals surface area (Å²) < 4.78 is 11.1. The molecule has 1 aliphatic heterocycles. The van der Waals surface area contributed by atoms with Gasteiger partial charge in [-0.05, 0) is 32.3 Å². The summed E-state index contributed by atoms with van der Waals surface area (Å²) in [6.07, 6.45) is 2.22. The summed E-state index contributed by atoms with van der Waals surface area (Å²) in [5.41, 5.74) is 8.12. The van der Waals surface area contributed by atoms with Crippen molar-refractivity contribution in [3.8, 4) is 5.88 Å². The molecule has 98 valence electrons. The fraction of sp³-hybridized carbons (Fsp3) is 0.583. The van der Waals surface area contributed by atoms with E-state index in [1.54, 1.807) is 0 Å². The maximum absolute atomic E-state index is 5.72. The summed E-state index contributed by atoms with van der Waals surface area (Å²) in [6, 6.07) is 0. The summed E-state index contributed by atoms with van der Waals surface area (Å²) in [5, 5.41) is 8.06. The number of aryl methyl sites for hydroxylation is 1. The van der Waals surface area contributed by atoms with Crippen LogP contribution in [0.3, 0.4) is 0 Å². The molecule has 0 aromatic carbocycles. The Morgan fingerprint density at radius 1 is 1.50 bits per heavy atom. The van der Waals surface area contributed by atoms with Crippen LogP contribution in [0.25, 0.3) is 0 Å². The zero-order valence-corrected chi connectivity index (χ0v) is 11.4. The molecule has 1 aliphatic rings. The molecule has 0 saturated carbocycles. The molecule has 0 spiro atoms. The van der Waals surface area contributed by atoms with Gasteiger partial charge in [-0.2, -0.15) is 5.10 Å². The van der Waals surface area contributed by atoms with E-state index in [-0.39, 0.29) is 11.1 Å². The number of aromatic nitrogens is 2. The largest absolute Gasteiger partial charge is 0.473 e. The van der Waals surface area contributed by atoms with Crippen molar-refractivity contribution >= 4 is 17.2 Å². The van der Waals surface area contributed by atoms with E-state index < -0.39 is 0 Å². The van der Waals surface area contributed by atoms with Crippen molar-refractivity contribution in [1.29, 1.82) is 0 Å². The maximum Gasteiger partial charge on any atom is 0.244 e. The van der Waals surface area contributed by atoms with Gasteiger partial charge in [0.25, 0.3) is 0 Å². The van der Waals surface area contributed by atoms with Crippen LogP contribution in [0, 0.1) is 13.8 Å². The van der Waals surface area contributed by atoms with E-state index in [1.165, 1.54) is 0 Å². The van der Waals surface area contributed by atoms with Gasteiger partial charge < -0.3 is 15.2 Å². The van der Waals surface area contributed by atoms with Crippen LogP contribution in [0.4, 0.5) is 0 Å². The van der Waals surface area contributed by atoms with E-state index in [0.29, 0.717) is 18.1 Å². The molecule has 18 heavy (non-hydrogen) atoms. The van der Waals surface area contributed by atoms with Crippen molar-refractivity contribution in [2.75, 3.05) is 13.2 Å². The minimum Gasteiger partial charge on any atom is -0.473 e. The number of hydrogen-bond acceptors (Lipinski definition) is 5. The third-order valence-electron chi connectivity index (χ3n) is 3.10. The minimum atomic E-state index is 0.132. The molecule has 0 radical (unpaired) electrons. The average molecular weight is 267 g/mol. The highest BCUT2D eigenvalue weighted by Gasteiger charge is 2.19. The van der Waals surface area contributed by atoms with Crippen LogP contribution in [0.5, 0.6) is 5.88 Å². The van der Waals surface area contributed by atoms with Crippen LogP contribution in [0.2, 0.25) is 0 Å². The van der Waals surface area contributed by atoms with E-state index in [4.69, 9.17) is 27.4 Å². The molecule has 5 nitrogen and oxygen atoms in total. The first-order valence-corrected chi connectivity index (χ1v) is 6.38. The maximum atomic E-state index is 5.72. The van der Waals surface area contributed by atoms with Gasteiger partial charge in [0, 0.05) is 6.61 Å². The molecule has 6 heteroatoms. The molecule has 1 fully saturated rings. The summed E-state index contributed by atoms with van der Waals surface area (Å²) >= 11 is 5.04. The molecular weight excluding hydrogens is 250 g/mol. The van der Waals surface area contributed by atoms with E-state index in [2.05, 4.69) is 10.2 Å². The van der Waals surface area contributed by atoms with Crippen LogP contribution in [0.15, 0.2) is 0 Å². The topological polar surface area (TPSA) is 70.3 Å². The van der Waals surface area contributed by atoms with Crippen molar-refractivity contribution in [2.24, 2.45) is 5.73 Å². The van der Waals surface area contributed by atoms with Gasteiger partial charge >= 0.3 is 0 Å². The predicted molar refractivity (Wildman–Crippen MR) is 71.9 cm³/mol. The van der Waals surface area contributed by atoms with Crippen LogP contribution in [-0.4, -0.2) is 34.5 Å². The Hall–Kier alpha value is -1.27. The molecule has 1 atom stereocenters. The molecular formula is C12H17N3O2S. The summed E-state index contributed by atoms with van der Waals surface area (Å²) in [6.45, 7) is 5.05. The van der Waals surface area contributed by atoms with Crippen molar-refractivity contribution in [3.05, 3.63) is 16.8 Å². The van der Waals surface area contributed by atoms with Crippen molar-refractivity contribution in [2.45, 2.75) is 32.8 Å². The van der Waals surface area contributed by atoms with E-state index >= 15 is 0 Å². The zero-order valence-electron chi connectivity index (χ0n) is 10.6. The molecule has 2 rings (SSSR count). The molecule has 1 aromatic rings. The molecule has 1 aromatic heterocycles. The Kier molecular flexibility index (Phi) is 4.08. The van der Waals surface area contributed by atoms with Gasteiger partial charge in [-0.1, -0.05) is 12.2 Å². The first kappa shape index (κ1) is 13.2. The minimum absolute atomic E-state index is 0.132. The molecule has 2 N–H and O–H groups in total. The highest BCUT2D eigenvalue weighted by Crippen LogP contribution is 2.21. The van der Waals surface area contributed by atoms with Gasteiger partial charge in [-0.15, -0.1) is 5.10 Å². The molecule has 1 unspecified atom stereocenters. The summed E-state index contributed by atoms with van der Waals surface area (Å²) in [5.74, 6) is 0.404. The fourth-order valence-electron chi connectivity index (χ4n) is 1.93. The number of thiocarbonyl (C=S) groups is 1. The Morgan fingerprint density at radius 3 is 2.89 bits per heavy atom. The second-order valence-electron chi connectivity index (χ2n) is 4.40. The molecule has 2 heterocycles. The van der Waals surface area contributed by atoms with E-state index in [9.17, 15) is 0 Å². The molecule has 0 bridgehead atoms. The zero-order chi connectivity index (χ0) is 13.1. The van der Waals surface area contributed by atoms with Gasteiger partial charge in [0.05, 0.1) is 17.4 Å². The third-order valence-corrected chi connectivity index (χ3v) is 3.30. The lowest BCUT2D eigenvalue weighted by Gasteiger charge is -2.14. The SMILES string of the molecule is Cc1nnc(OCC2CCCO2)c(C(N)=S)c1C. The fourth-order valence-corrected chi connectivity index (χ4v) is 2.17. The lowest BCUT2D eigenvalue weighted by Crippen LogP contribution is -2.21. The standard InChI is InChI=1S/C12H17N3O2S/c1-7-8(2)14-15-12(10(7)11(13)18)17-6-9-4-3-5-16-9/h9H,3-6H2,1-2H3,(H2,13,18). The number of hydrogen-bond donors (Lipinski definition) is 1. The predicted octanol–water partition coefficient (Wildman–Crippen LogP) is 1.29. The normalized spacial score (nSPS) is 18.9. The summed E-state index contributed by atoms with van der Waals surface area (Å²) in [4.78, 5) is 0.285. The lowest BCUT2D eigenvalue weighted by molar-refractivity contribution is 0.0659. The molecule has 1 saturated heterocycles. The quantitative estimate of drug-likeness (QED) is 0.829. The monoisotopic (exact) mass is 267 g/mol. The highest BCUT2D eigenvalue weighted by molar-refractivity contribution is 7.80. The van der Waals surface area contributed by atoms with Gasteiger partial charge in [0.15, 0.2) is 0 Å². The van der Waals surface area contributed by atoms with Crippen molar-refractivity contribution < 1.29 is 9.47 Å². The smallest absolute Gasteiger partial charge is 0.244 e. The Morgan fingerprint density at radius 2 is 2.28 bits per heavy atom. The third kappa shape index (κ3) is 2.76. The lowest BCUT2D eigenvalue weighted by atomic mass is 10.1. The average Bonchev–Trinajstić information content (AvgIpc) is 2.83. The molecule has 0 aliphatic carbocycles. The second-order valence-corrected chi connectivity index (χ2v) is 4.84. The first-order chi connectivity index (χ1) is 8.59. The van der Waals surface area contributed by atoms with Crippen LogP contribution >= 0.6 is 12.2 Å². The van der Waals surface area contributed by atoms with Crippen molar-refractivity contribution in [1.82, 2.24) is 10.2 Å². The number of nitrogens with two attached hydrogens (primary N) is 1. The summed E-state index contributed by atoms with van der Waals surface area (Å²) in [7, 11) is 0. The van der Waals surface area contributed by atoms with E-state index in [1.807, 2.05) is 13.8 Å². The van der Waals surface area contributed by atoms with E-state index in [0.717, 1.165) is 30.7 Å². The van der Waals surface area contributed by atoms with Crippen LogP contribution in [-0.2, 0) is 4.74 Å². The van der Waals surface area contributed by atoms with Crippen molar-refractivity contribution in [3.63, 3.8) is 0 Å². The number of ether oxygens (including phenoxy) is 2. The highest BCUT2D eigenvalue weighted by atomic mass is 32.1. The molecule has 0 amide bonds. The second kappa shape index (κ2) is 5.58. The Balaban J connectivity index is 2.16. The first-order valence-electron chi connectivity index (χ1n) is 5.97.